The Kier molecular flexibility index (Phi) is 7.75. The number of carbonyl (C=O) groups is 1. The number of hydrogen-bond donors (Lipinski definition) is 1. The standard InChI is InChI=1S/C22H27NO4S2/c1-17(22(24)23-20-12-15-29(25,26)16-20)28-14-13-27-21(18-8-4-2-5-9-18)19-10-6-3-7-11-19/h2-11,17,20-21H,12-16H2,1H3,(H,23,24). The fraction of sp³-hybridized carbons (Fsp3) is 0.409. The number of carbonyl (C=O) groups excluding carboxylic acids is 1. The van der Waals surface area contributed by atoms with Crippen molar-refractivity contribution in [3.05, 3.63) is 71.8 Å². The fourth-order valence-corrected chi connectivity index (χ4v) is 5.77. The highest BCUT2D eigenvalue weighted by Gasteiger charge is 2.30. The SMILES string of the molecule is CC(SCCOC(c1ccccc1)c1ccccc1)C(=O)NC1CCS(=O)(=O)C1. The topological polar surface area (TPSA) is 72.5 Å². The smallest absolute Gasteiger partial charge is 0.233 e. The number of benzene rings is 2. The molecule has 29 heavy (non-hydrogen) atoms. The molecule has 1 aliphatic heterocycles. The van der Waals surface area contributed by atoms with Crippen LogP contribution in [0.5, 0.6) is 0 Å². The molecule has 3 rings (SSSR count). The second kappa shape index (κ2) is 10.3. The molecule has 7 heteroatoms. The minimum Gasteiger partial charge on any atom is -0.368 e. The number of thioether (sulfide) groups is 1. The first kappa shape index (κ1) is 21.9. The highest BCUT2D eigenvalue weighted by molar-refractivity contribution is 8.00. The maximum atomic E-state index is 12.3. The molecule has 2 aromatic carbocycles. The number of ether oxygens (including phenoxy) is 1. The molecule has 1 N–H and O–H groups in total. The number of rotatable bonds is 9. The lowest BCUT2D eigenvalue weighted by Crippen LogP contribution is -2.40. The highest BCUT2D eigenvalue weighted by atomic mass is 32.2. The van der Waals surface area contributed by atoms with E-state index in [1.807, 2.05) is 43.3 Å². The third-order valence-corrected chi connectivity index (χ3v) is 7.77. The van der Waals surface area contributed by atoms with Crippen LogP contribution < -0.4 is 5.32 Å². The van der Waals surface area contributed by atoms with Gasteiger partial charge >= 0.3 is 0 Å². The van der Waals surface area contributed by atoms with Crippen molar-refractivity contribution in [3.8, 4) is 0 Å². The molecule has 0 aromatic heterocycles. The lowest BCUT2D eigenvalue weighted by atomic mass is 10.0. The third-order valence-electron chi connectivity index (χ3n) is 4.89. The lowest BCUT2D eigenvalue weighted by Gasteiger charge is -2.20. The van der Waals surface area contributed by atoms with Gasteiger partial charge in [0.25, 0.3) is 0 Å². The molecule has 5 nitrogen and oxygen atoms in total. The molecule has 0 spiro atoms. The molecule has 0 radical (unpaired) electrons. The van der Waals surface area contributed by atoms with Crippen LogP contribution in [0.25, 0.3) is 0 Å². The van der Waals surface area contributed by atoms with Crippen LogP contribution in [0.1, 0.15) is 30.6 Å². The van der Waals surface area contributed by atoms with Crippen LogP contribution in [0.3, 0.4) is 0 Å². The third kappa shape index (κ3) is 6.59. The normalized spacial score (nSPS) is 19.2. The summed E-state index contributed by atoms with van der Waals surface area (Å²) in [6.07, 6.45) is 0.357. The van der Waals surface area contributed by atoms with Gasteiger partial charge in [0.2, 0.25) is 5.91 Å². The summed E-state index contributed by atoms with van der Waals surface area (Å²) in [6, 6.07) is 19.9. The second-order valence-electron chi connectivity index (χ2n) is 7.19. The van der Waals surface area contributed by atoms with Gasteiger partial charge in [-0.25, -0.2) is 8.42 Å². The van der Waals surface area contributed by atoms with Crippen LogP contribution >= 0.6 is 11.8 Å². The first-order chi connectivity index (χ1) is 13.9. The molecule has 2 aromatic rings. The Hall–Kier alpha value is -1.83. The van der Waals surface area contributed by atoms with Crippen LogP contribution in [-0.4, -0.2) is 49.5 Å². The summed E-state index contributed by atoms with van der Waals surface area (Å²) in [6.45, 7) is 2.35. The van der Waals surface area contributed by atoms with Crippen molar-refractivity contribution in [3.63, 3.8) is 0 Å². The van der Waals surface area contributed by atoms with Gasteiger partial charge < -0.3 is 10.1 Å². The average molecular weight is 434 g/mol. The molecule has 1 aliphatic rings. The molecule has 1 fully saturated rings. The molecular weight excluding hydrogens is 406 g/mol. The average Bonchev–Trinajstić information content (AvgIpc) is 3.07. The summed E-state index contributed by atoms with van der Waals surface area (Å²) >= 11 is 1.51. The van der Waals surface area contributed by atoms with Crippen molar-refractivity contribution < 1.29 is 17.9 Å². The Labute approximate surface area is 177 Å². The molecule has 1 amide bonds. The van der Waals surface area contributed by atoms with Crippen LogP contribution in [0.2, 0.25) is 0 Å². The van der Waals surface area contributed by atoms with Gasteiger partial charge in [-0.2, -0.15) is 0 Å². The summed E-state index contributed by atoms with van der Waals surface area (Å²) in [5.74, 6) is 0.774. The Morgan fingerprint density at radius 1 is 1.10 bits per heavy atom. The number of amides is 1. The summed E-state index contributed by atoms with van der Waals surface area (Å²) in [5, 5.41) is 2.60. The maximum Gasteiger partial charge on any atom is 0.233 e. The summed E-state index contributed by atoms with van der Waals surface area (Å²) < 4.78 is 29.2. The van der Waals surface area contributed by atoms with E-state index in [9.17, 15) is 13.2 Å². The van der Waals surface area contributed by atoms with Gasteiger partial charge in [-0.15, -0.1) is 11.8 Å². The molecule has 0 aliphatic carbocycles. The van der Waals surface area contributed by atoms with Crippen molar-refractivity contribution in [1.82, 2.24) is 5.32 Å². The molecular formula is C22H27NO4S2. The first-order valence-electron chi connectivity index (χ1n) is 9.78. The van der Waals surface area contributed by atoms with E-state index in [-0.39, 0.29) is 34.8 Å². The minimum atomic E-state index is -2.99. The number of hydrogen-bond acceptors (Lipinski definition) is 5. The fourth-order valence-electron chi connectivity index (χ4n) is 3.33. The Balaban J connectivity index is 1.48. The van der Waals surface area contributed by atoms with Crippen LogP contribution in [0, 0.1) is 0 Å². The predicted molar refractivity (Wildman–Crippen MR) is 118 cm³/mol. The molecule has 0 saturated carbocycles. The zero-order chi connectivity index (χ0) is 20.7. The maximum absolute atomic E-state index is 12.3. The van der Waals surface area contributed by atoms with E-state index in [1.165, 1.54) is 11.8 Å². The zero-order valence-corrected chi connectivity index (χ0v) is 18.1. The van der Waals surface area contributed by atoms with E-state index in [4.69, 9.17) is 4.74 Å². The van der Waals surface area contributed by atoms with Crippen molar-refractivity contribution in [2.24, 2.45) is 0 Å². The van der Waals surface area contributed by atoms with Gasteiger partial charge in [0.05, 0.1) is 23.4 Å². The van der Waals surface area contributed by atoms with Gasteiger partial charge in [0.1, 0.15) is 6.10 Å². The van der Waals surface area contributed by atoms with Gasteiger partial charge in [-0.1, -0.05) is 60.7 Å². The summed E-state index contributed by atoms with van der Waals surface area (Å²) in [5.41, 5.74) is 2.19. The molecule has 0 bridgehead atoms. The zero-order valence-electron chi connectivity index (χ0n) is 16.5. The Morgan fingerprint density at radius 2 is 1.69 bits per heavy atom. The van der Waals surface area contributed by atoms with Crippen molar-refractivity contribution in [2.75, 3.05) is 23.9 Å². The molecule has 156 valence electrons. The monoisotopic (exact) mass is 433 g/mol. The molecule has 1 saturated heterocycles. The van der Waals surface area contributed by atoms with E-state index in [1.54, 1.807) is 0 Å². The van der Waals surface area contributed by atoms with Crippen molar-refractivity contribution in [1.29, 1.82) is 0 Å². The lowest BCUT2D eigenvalue weighted by molar-refractivity contribution is -0.120. The number of nitrogens with one attached hydrogen (secondary N) is 1. The highest BCUT2D eigenvalue weighted by Crippen LogP contribution is 2.26. The quantitative estimate of drug-likeness (QED) is 0.615. The van der Waals surface area contributed by atoms with Gasteiger partial charge in [0.15, 0.2) is 9.84 Å². The summed E-state index contributed by atoms with van der Waals surface area (Å²) in [4.78, 5) is 12.3. The van der Waals surface area contributed by atoms with Gasteiger partial charge in [-0.05, 0) is 24.5 Å². The number of sulfone groups is 1. The van der Waals surface area contributed by atoms with Crippen molar-refractivity contribution in [2.45, 2.75) is 30.7 Å². The van der Waals surface area contributed by atoms with Gasteiger partial charge in [-0.3, -0.25) is 4.79 Å². The van der Waals surface area contributed by atoms with Crippen LogP contribution in [0.15, 0.2) is 60.7 Å². The van der Waals surface area contributed by atoms with E-state index < -0.39 is 9.84 Å². The largest absolute Gasteiger partial charge is 0.368 e. The Bertz CT molecular complexity index is 848. The second-order valence-corrected chi connectivity index (χ2v) is 10.9. The van der Waals surface area contributed by atoms with Crippen molar-refractivity contribution >= 4 is 27.5 Å². The predicted octanol–water partition coefficient (Wildman–Crippen LogP) is 3.22. The minimum absolute atomic E-state index is 0.0507. The van der Waals surface area contributed by atoms with E-state index >= 15 is 0 Å². The molecule has 1 heterocycles. The molecule has 2 unspecified atom stereocenters. The van der Waals surface area contributed by atoms with E-state index in [0.717, 1.165) is 11.1 Å². The Morgan fingerprint density at radius 3 is 2.21 bits per heavy atom. The summed E-state index contributed by atoms with van der Waals surface area (Å²) in [7, 11) is -2.99. The van der Waals surface area contributed by atoms with Crippen LogP contribution in [-0.2, 0) is 19.4 Å². The van der Waals surface area contributed by atoms with E-state index in [0.29, 0.717) is 18.8 Å². The molecule has 2 atom stereocenters. The van der Waals surface area contributed by atoms with Gasteiger partial charge in [0, 0.05) is 11.8 Å². The van der Waals surface area contributed by atoms with Crippen LogP contribution in [0.4, 0.5) is 0 Å². The van der Waals surface area contributed by atoms with E-state index in [2.05, 4.69) is 29.6 Å². The first-order valence-corrected chi connectivity index (χ1v) is 12.7.